The third kappa shape index (κ3) is 3.32. The van der Waals surface area contributed by atoms with Crippen LogP contribution >= 0.6 is 31.9 Å². The molecule has 1 rings (SSSR count). The SMILES string of the molecule is C=C(Br)CNc1cnc(Br)cn1. The van der Waals surface area contributed by atoms with Crippen LogP contribution in [0.25, 0.3) is 0 Å². The summed E-state index contributed by atoms with van der Waals surface area (Å²) in [5, 5.41) is 3.03. The second-order valence-corrected chi connectivity index (χ2v) is 4.03. The van der Waals surface area contributed by atoms with Gasteiger partial charge in [0.2, 0.25) is 0 Å². The number of nitrogens with zero attached hydrogens (tertiary/aromatic N) is 2. The highest BCUT2D eigenvalue weighted by Crippen LogP contribution is 2.07. The smallest absolute Gasteiger partial charge is 0.144 e. The van der Waals surface area contributed by atoms with Crippen molar-refractivity contribution in [1.29, 1.82) is 0 Å². The average molecular weight is 293 g/mol. The van der Waals surface area contributed by atoms with Gasteiger partial charge < -0.3 is 5.32 Å². The Morgan fingerprint density at radius 3 is 2.75 bits per heavy atom. The number of halogens is 2. The monoisotopic (exact) mass is 291 g/mol. The lowest BCUT2D eigenvalue weighted by Crippen LogP contribution is -2.02. The van der Waals surface area contributed by atoms with E-state index in [1.54, 1.807) is 12.4 Å². The maximum absolute atomic E-state index is 4.07. The number of rotatable bonds is 3. The molecule has 1 aromatic heterocycles. The summed E-state index contributed by atoms with van der Waals surface area (Å²) < 4.78 is 1.61. The Hall–Kier alpha value is -0.420. The van der Waals surface area contributed by atoms with Crippen molar-refractivity contribution in [3.63, 3.8) is 0 Å². The third-order valence-corrected chi connectivity index (χ3v) is 1.77. The van der Waals surface area contributed by atoms with E-state index in [1.807, 2.05) is 0 Å². The molecular weight excluding hydrogens is 286 g/mol. The van der Waals surface area contributed by atoms with E-state index in [2.05, 4.69) is 53.7 Å². The minimum atomic E-state index is 0.649. The highest BCUT2D eigenvalue weighted by Gasteiger charge is 1.93. The second-order valence-electron chi connectivity index (χ2n) is 2.10. The van der Waals surface area contributed by atoms with Gasteiger partial charge in [0.25, 0.3) is 0 Å². The van der Waals surface area contributed by atoms with Crippen molar-refractivity contribution in [2.75, 3.05) is 11.9 Å². The van der Waals surface area contributed by atoms with E-state index in [-0.39, 0.29) is 0 Å². The lowest BCUT2D eigenvalue weighted by molar-refractivity contribution is 1.13. The second kappa shape index (κ2) is 4.57. The van der Waals surface area contributed by atoms with Gasteiger partial charge in [0.15, 0.2) is 0 Å². The Bertz CT molecular complexity index is 270. The molecule has 5 heteroatoms. The van der Waals surface area contributed by atoms with Crippen molar-refractivity contribution in [1.82, 2.24) is 9.97 Å². The number of hydrogen-bond acceptors (Lipinski definition) is 3. The van der Waals surface area contributed by atoms with Crippen molar-refractivity contribution in [2.45, 2.75) is 0 Å². The minimum Gasteiger partial charge on any atom is -0.364 e. The number of hydrogen-bond donors (Lipinski definition) is 1. The lowest BCUT2D eigenvalue weighted by atomic mass is 10.6. The molecule has 1 heterocycles. The van der Waals surface area contributed by atoms with Gasteiger partial charge in [0.05, 0.1) is 12.4 Å². The molecule has 0 aromatic carbocycles. The van der Waals surface area contributed by atoms with E-state index in [4.69, 9.17) is 0 Å². The predicted molar refractivity (Wildman–Crippen MR) is 56.3 cm³/mol. The zero-order chi connectivity index (χ0) is 8.97. The van der Waals surface area contributed by atoms with Gasteiger partial charge in [-0.1, -0.05) is 22.5 Å². The summed E-state index contributed by atoms with van der Waals surface area (Å²) in [5.41, 5.74) is 0. The fourth-order valence-corrected chi connectivity index (χ4v) is 0.935. The maximum atomic E-state index is 4.07. The molecule has 0 amide bonds. The zero-order valence-corrected chi connectivity index (χ0v) is 9.39. The van der Waals surface area contributed by atoms with Crippen LogP contribution in [0, 0.1) is 0 Å². The van der Waals surface area contributed by atoms with Crippen LogP contribution in [0.1, 0.15) is 0 Å². The van der Waals surface area contributed by atoms with E-state index >= 15 is 0 Å². The number of aromatic nitrogens is 2. The van der Waals surface area contributed by atoms with Gasteiger partial charge >= 0.3 is 0 Å². The van der Waals surface area contributed by atoms with Crippen LogP contribution < -0.4 is 5.32 Å². The topological polar surface area (TPSA) is 37.8 Å². The van der Waals surface area contributed by atoms with Gasteiger partial charge in [-0.3, -0.25) is 0 Å². The molecule has 12 heavy (non-hydrogen) atoms. The Morgan fingerprint density at radius 1 is 1.50 bits per heavy atom. The first-order chi connectivity index (χ1) is 5.68. The van der Waals surface area contributed by atoms with Gasteiger partial charge in [-0.2, -0.15) is 0 Å². The summed E-state index contributed by atoms with van der Waals surface area (Å²) in [4.78, 5) is 8.07. The van der Waals surface area contributed by atoms with Gasteiger partial charge in [-0.05, 0) is 15.9 Å². The predicted octanol–water partition coefficient (Wildman–Crippen LogP) is 2.56. The standard InChI is InChI=1S/C7H7Br2N3/c1-5(8)2-11-7-4-10-6(9)3-12-7/h3-4H,1-2H2,(H,11,12). The third-order valence-electron chi connectivity index (χ3n) is 1.08. The minimum absolute atomic E-state index is 0.649. The molecule has 0 atom stereocenters. The Labute approximate surface area is 87.6 Å². The van der Waals surface area contributed by atoms with Crippen LogP contribution in [-0.4, -0.2) is 16.5 Å². The van der Waals surface area contributed by atoms with Crippen LogP contribution in [0.5, 0.6) is 0 Å². The van der Waals surface area contributed by atoms with Crippen LogP contribution in [-0.2, 0) is 0 Å². The fourth-order valence-electron chi connectivity index (χ4n) is 0.590. The Balaban J connectivity index is 2.53. The van der Waals surface area contributed by atoms with Crippen LogP contribution in [0.4, 0.5) is 5.82 Å². The Morgan fingerprint density at radius 2 is 2.25 bits per heavy atom. The van der Waals surface area contributed by atoms with E-state index in [9.17, 15) is 0 Å². The molecule has 1 aromatic rings. The average Bonchev–Trinajstić information content (AvgIpc) is 2.03. The summed E-state index contributed by atoms with van der Waals surface area (Å²) in [7, 11) is 0. The summed E-state index contributed by atoms with van der Waals surface area (Å²) in [6.45, 7) is 4.33. The molecule has 1 N–H and O–H groups in total. The number of anilines is 1. The van der Waals surface area contributed by atoms with Crippen molar-refractivity contribution in [2.24, 2.45) is 0 Å². The van der Waals surface area contributed by atoms with Crippen LogP contribution in [0.3, 0.4) is 0 Å². The van der Waals surface area contributed by atoms with Gasteiger partial charge in [-0.15, -0.1) is 0 Å². The van der Waals surface area contributed by atoms with E-state index in [0.29, 0.717) is 6.54 Å². The van der Waals surface area contributed by atoms with Gasteiger partial charge in [0.1, 0.15) is 10.4 Å². The molecule has 3 nitrogen and oxygen atoms in total. The molecule has 0 bridgehead atoms. The molecule has 0 saturated carbocycles. The first-order valence-electron chi connectivity index (χ1n) is 3.23. The normalized spacial score (nSPS) is 9.50. The molecule has 0 unspecified atom stereocenters. The highest BCUT2D eigenvalue weighted by atomic mass is 79.9. The van der Waals surface area contributed by atoms with Crippen molar-refractivity contribution < 1.29 is 0 Å². The molecule has 0 aliphatic rings. The molecule has 0 saturated heterocycles. The largest absolute Gasteiger partial charge is 0.364 e. The van der Waals surface area contributed by atoms with Crippen molar-refractivity contribution in [3.05, 3.63) is 28.1 Å². The van der Waals surface area contributed by atoms with E-state index in [0.717, 1.165) is 14.9 Å². The summed E-state index contributed by atoms with van der Waals surface area (Å²) in [6, 6.07) is 0. The van der Waals surface area contributed by atoms with Crippen LogP contribution in [0.15, 0.2) is 28.1 Å². The van der Waals surface area contributed by atoms with Gasteiger partial charge in [-0.25, -0.2) is 9.97 Å². The molecular formula is C7H7Br2N3. The maximum Gasteiger partial charge on any atom is 0.144 e. The number of nitrogens with one attached hydrogen (secondary N) is 1. The molecule has 0 fully saturated rings. The molecule has 0 radical (unpaired) electrons. The van der Waals surface area contributed by atoms with Crippen molar-refractivity contribution >= 4 is 37.7 Å². The van der Waals surface area contributed by atoms with E-state index in [1.165, 1.54) is 0 Å². The van der Waals surface area contributed by atoms with Crippen molar-refractivity contribution in [3.8, 4) is 0 Å². The quantitative estimate of drug-likeness (QED) is 0.930. The summed E-state index contributed by atoms with van der Waals surface area (Å²) >= 11 is 6.43. The first-order valence-corrected chi connectivity index (χ1v) is 4.82. The fraction of sp³-hybridized carbons (Fsp3) is 0.143. The van der Waals surface area contributed by atoms with Crippen LogP contribution in [0.2, 0.25) is 0 Å². The summed E-state index contributed by atoms with van der Waals surface area (Å²) in [5.74, 6) is 0.735. The van der Waals surface area contributed by atoms with Gasteiger partial charge in [0, 0.05) is 11.0 Å². The molecule has 0 spiro atoms. The summed E-state index contributed by atoms with van der Waals surface area (Å²) in [6.07, 6.45) is 3.29. The first kappa shape index (κ1) is 9.67. The Kier molecular flexibility index (Phi) is 3.68. The molecule has 0 aliphatic carbocycles. The molecule has 0 aliphatic heterocycles. The highest BCUT2D eigenvalue weighted by molar-refractivity contribution is 9.11. The van der Waals surface area contributed by atoms with E-state index < -0.39 is 0 Å². The zero-order valence-electron chi connectivity index (χ0n) is 6.22. The molecule has 64 valence electrons. The lowest BCUT2D eigenvalue weighted by Gasteiger charge is -2.02.